The van der Waals surface area contributed by atoms with E-state index in [0.29, 0.717) is 35.7 Å². The van der Waals surface area contributed by atoms with Gasteiger partial charge in [0, 0.05) is 23.2 Å². The number of fused-ring (bicyclic) bond motifs is 1. The van der Waals surface area contributed by atoms with E-state index in [1.165, 1.54) is 6.07 Å². The molecular formula is C23H22FN5O. The lowest BCUT2D eigenvalue weighted by molar-refractivity contribution is 0.264. The largest absolute Gasteiger partial charge is 0.333 e. The second-order valence-electron chi connectivity index (χ2n) is 7.66. The SMILES string of the molecule is CC(C)C(c1ccc(-c2ccc3cccc(F)c3c2)[nH]c1=O)N1CCN=C1NC#N. The minimum Gasteiger partial charge on any atom is -0.333 e. The van der Waals surface area contributed by atoms with Crippen LogP contribution in [0.4, 0.5) is 4.39 Å². The first-order chi connectivity index (χ1) is 14.5. The number of rotatable bonds is 4. The van der Waals surface area contributed by atoms with Crippen LogP contribution in [0.3, 0.4) is 0 Å². The molecule has 0 aliphatic carbocycles. The van der Waals surface area contributed by atoms with Gasteiger partial charge in [-0.1, -0.05) is 38.1 Å². The molecule has 1 atom stereocenters. The molecule has 0 spiro atoms. The average molecular weight is 403 g/mol. The van der Waals surface area contributed by atoms with Crippen LogP contribution >= 0.6 is 0 Å². The van der Waals surface area contributed by atoms with Gasteiger partial charge in [-0.05, 0) is 41.1 Å². The van der Waals surface area contributed by atoms with Crippen LogP contribution in [0.25, 0.3) is 22.0 Å². The Kier molecular flexibility index (Phi) is 5.23. The molecule has 2 N–H and O–H groups in total. The smallest absolute Gasteiger partial charge is 0.253 e. The highest BCUT2D eigenvalue weighted by Gasteiger charge is 2.31. The van der Waals surface area contributed by atoms with E-state index in [1.807, 2.05) is 55.3 Å². The summed E-state index contributed by atoms with van der Waals surface area (Å²) in [5.41, 5.74) is 1.77. The second-order valence-corrected chi connectivity index (χ2v) is 7.66. The number of guanidine groups is 1. The van der Waals surface area contributed by atoms with Crippen molar-refractivity contribution < 1.29 is 4.39 Å². The van der Waals surface area contributed by atoms with Crippen molar-refractivity contribution in [1.82, 2.24) is 15.2 Å². The molecule has 1 unspecified atom stereocenters. The maximum Gasteiger partial charge on any atom is 0.253 e. The Balaban J connectivity index is 1.72. The Morgan fingerprint density at radius 1 is 1.23 bits per heavy atom. The van der Waals surface area contributed by atoms with Crippen LogP contribution in [-0.4, -0.2) is 28.9 Å². The van der Waals surface area contributed by atoms with E-state index >= 15 is 0 Å². The van der Waals surface area contributed by atoms with Gasteiger partial charge in [0.2, 0.25) is 5.96 Å². The summed E-state index contributed by atoms with van der Waals surface area (Å²) in [7, 11) is 0. The molecular weight excluding hydrogens is 381 g/mol. The van der Waals surface area contributed by atoms with E-state index < -0.39 is 0 Å². The number of hydrogen-bond acceptors (Lipinski definition) is 5. The molecule has 0 amide bonds. The Morgan fingerprint density at radius 3 is 2.80 bits per heavy atom. The molecule has 7 heteroatoms. The van der Waals surface area contributed by atoms with Crippen molar-refractivity contribution in [3.8, 4) is 17.5 Å². The molecule has 6 nitrogen and oxygen atoms in total. The van der Waals surface area contributed by atoms with E-state index in [9.17, 15) is 9.18 Å². The molecule has 1 aliphatic rings. The lowest BCUT2D eigenvalue weighted by atomic mass is 9.95. The summed E-state index contributed by atoms with van der Waals surface area (Å²) >= 11 is 0. The van der Waals surface area contributed by atoms with Gasteiger partial charge in [-0.2, -0.15) is 5.26 Å². The maximum absolute atomic E-state index is 14.2. The molecule has 1 aliphatic heterocycles. The van der Waals surface area contributed by atoms with Gasteiger partial charge in [-0.3, -0.25) is 15.1 Å². The van der Waals surface area contributed by atoms with Gasteiger partial charge >= 0.3 is 0 Å². The van der Waals surface area contributed by atoms with Crippen LogP contribution < -0.4 is 10.9 Å². The van der Waals surface area contributed by atoms with Crippen LogP contribution in [0.15, 0.2) is 58.3 Å². The Morgan fingerprint density at radius 2 is 2.07 bits per heavy atom. The fraction of sp³-hybridized carbons (Fsp3) is 0.261. The number of nitrogens with one attached hydrogen (secondary N) is 2. The average Bonchev–Trinajstić information content (AvgIpc) is 3.17. The third kappa shape index (κ3) is 3.52. The standard InChI is InChI=1S/C23H22FN5O/c1-14(2)21(29-11-10-26-23(29)27-13-25)17-8-9-20(28-22(17)30)16-7-6-15-4-3-5-19(24)18(15)12-16/h3-9,12,14,21H,10-11H2,1-2H3,(H,26,27)(H,28,30). The van der Waals surface area contributed by atoms with Crippen molar-refractivity contribution in [2.45, 2.75) is 19.9 Å². The predicted molar refractivity (Wildman–Crippen MR) is 115 cm³/mol. The quantitative estimate of drug-likeness (QED) is 0.513. The number of hydrogen-bond donors (Lipinski definition) is 2. The minimum absolute atomic E-state index is 0.121. The Labute approximate surface area is 173 Å². The summed E-state index contributed by atoms with van der Waals surface area (Å²) in [6.07, 6.45) is 1.91. The molecule has 0 bridgehead atoms. The van der Waals surface area contributed by atoms with Gasteiger partial charge < -0.3 is 9.88 Å². The number of aromatic nitrogens is 1. The van der Waals surface area contributed by atoms with Gasteiger partial charge in [0.05, 0.1) is 12.6 Å². The fourth-order valence-electron chi connectivity index (χ4n) is 4.07. The molecule has 0 fully saturated rings. The molecule has 2 heterocycles. The van der Waals surface area contributed by atoms with Crippen molar-refractivity contribution in [3.63, 3.8) is 0 Å². The summed E-state index contributed by atoms with van der Waals surface area (Å²) in [6.45, 7) is 5.28. The molecule has 152 valence electrons. The number of H-pyrrole nitrogens is 1. The zero-order valence-corrected chi connectivity index (χ0v) is 16.8. The topological polar surface area (TPSA) is 84.3 Å². The second kappa shape index (κ2) is 7.99. The third-order valence-corrected chi connectivity index (χ3v) is 5.41. The summed E-state index contributed by atoms with van der Waals surface area (Å²) < 4.78 is 14.2. The minimum atomic E-state index is -0.293. The highest BCUT2D eigenvalue weighted by atomic mass is 19.1. The van der Waals surface area contributed by atoms with Crippen LogP contribution in [0, 0.1) is 23.2 Å². The zero-order chi connectivity index (χ0) is 21.3. The van der Waals surface area contributed by atoms with Crippen LogP contribution in [-0.2, 0) is 0 Å². The number of nitrogens with zero attached hydrogens (tertiary/aromatic N) is 3. The number of aliphatic imine (C=N–C) groups is 1. The normalized spacial score (nSPS) is 14.6. The van der Waals surface area contributed by atoms with E-state index in [2.05, 4.69) is 15.3 Å². The molecule has 4 rings (SSSR count). The monoisotopic (exact) mass is 403 g/mol. The summed E-state index contributed by atoms with van der Waals surface area (Å²) in [6, 6.07) is 13.9. The summed E-state index contributed by atoms with van der Waals surface area (Å²) in [5.74, 6) is 0.319. The highest BCUT2D eigenvalue weighted by molar-refractivity contribution is 5.87. The number of nitriles is 1. The Hall–Kier alpha value is -3.66. The molecule has 30 heavy (non-hydrogen) atoms. The highest BCUT2D eigenvalue weighted by Crippen LogP contribution is 2.30. The molecule has 3 aromatic rings. The summed E-state index contributed by atoms with van der Waals surface area (Å²) in [4.78, 5) is 22.3. The van der Waals surface area contributed by atoms with Crippen molar-refractivity contribution in [1.29, 1.82) is 5.26 Å². The van der Waals surface area contributed by atoms with E-state index in [0.717, 1.165) is 10.9 Å². The molecule has 2 aromatic carbocycles. The van der Waals surface area contributed by atoms with E-state index in [1.54, 1.807) is 12.1 Å². The van der Waals surface area contributed by atoms with Crippen LogP contribution in [0.5, 0.6) is 0 Å². The fourth-order valence-corrected chi connectivity index (χ4v) is 4.07. The third-order valence-electron chi connectivity index (χ3n) is 5.41. The number of benzene rings is 2. The van der Waals surface area contributed by atoms with Gasteiger partial charge in [-0.15, -0.1) is 0 Å². The van der Waals surface area contributed by atoms with Crippen LogP contribution in [0.2, 0.25) is 0 Å². The van der Waals surface area contributed by atoms with Crippen molar-refractivity contribution in [2.75, 3.05) is 13.1 Å². The van der Waals surface area contributed by atoms with Gasteiger partial charge in [0.15, 0.2) is 6.19 Å². The lowest BCUT2D eigenvalue weighted by Gasteiger charge is -2.32. The van der Waals surface area contributed by atoms with Crippen molar-refractivity contribution in [2.24, 2.45) is 10.9 Å². The summed E-state index contributed by atoms with van der Waals surface area (Å²) in [5, 5.41) is 12.9. The first-order valence-electron chi connectivity index (χ1n) is 9.87. The number of aromatic amines is 1. The van der Waals surface area contributed by atoms with Gasteiger partial charge in [0.1, 0.15) is 5.82 Å². The van der Waals surface area contributed by atoms with Crippen LogP contribution in [0.1, 0.15) is 25.5 Å². The zero-order valence-electron chi connectivity index (χ0n) is 16.8. The lowest BCUT2D eigenvalue weighted by Crippen LogP contribution is -2.42. The van der Waals surface area contributed by atoms with Gasteiger partial charge in [-0.25, -0.2) is 4.39 Å². The maximum atomic E-state index is 14.2. The first-order valence-corrected chi connectivity index (χ1v) is 9.87. The van der Waals surface area contributed by atoms with Crippen molar-refractivity contribution in [3.05, 3.63) is 70.3 Å². The molecule has 0 radical (unpaired) electrons. The first kappa shape index (κ1) is 19.6. The number of pyridine rings is 1. The van der Waals surface area contributed by atoms with Crippen molar-refractivity contribution >= 4 is 16.7 Å². The Bertz CT molecular complexity index is 1220. The molecule has 0 saturated heterocycles. The van der Waals surface area contributed by atoms with Gasteiger partial charge in [0.25, 0.3) is 5.56 Å². The number of halogens is 1. The molecule has 1 aromatic heterocycles. The van der Waals surface area contributed by atoms with E-state index in [-0.39, 0.29) is 23.3 Å². The predicted octanol–water partition coefficient (Wildman–Crippen LogP) is 3.77. The van der Waals surface area contributed by atoms with E-state index in [4.69, 9.17) is 5.26 Å². The molecule has 0 saturated carbocycles.